The maximum Gasteiger partial charge on any atom is 0.311 e. The van der Waals surface area contributed by atoms with Crippen molar-refractivity contribution >= 4 is 71.6 Å². The standard InChI is InChI=1S/4C10H21NO2.C8H16O3.3C7H14O3.C6H12O2.3C5H10O2/c4*1-6-10(2,3)9(12)13-8-7-11(4)5;1-4-8(2,3)7(10)11-6-5-9;3*1-3-6(2)7(9)10-5-4-8;1-4-6(2,3)5(7)8;3*1-3-4(2)5(6)7/h4*6-8H2,1-5H3;9H,4-6H2,1-3H3;3*6,8H,3-5H2,1-2H3;4H2,1-3H3,(H,7,8);3*4H,3H2,1-2H3,(H,6,7). The van der Waals surface area contributed by atoms with Crippen LogP contribution in [0.4, 0.5) is 0 Å². The van der Waals surface area contributed by atoms with Gasteiger partial charge in [-0.15, -0.1) is 0 Å². The van der Waals surface area contributed by atoms with Crippen LogP contribution < -0.4 is 0 Å². The Hall–Kier alpha value is -6.68. The largest absolute Gasteiger partial charge is 0.481 e. The van der Waals surface area contributed by atoms with Crippen LogP contribution in [0.25, 0.3) is 0 Å². The molecule has 0 rings (SSSR count). The van der Waals surface area contributed by atoms with Crippen molar-refractivity contribution in [1.29, 1.82) is 0 Å². The second-order valence-corrected chi connectivity index (χ2v) is 33.9. The molecule has 0 saturated heterocycles. The number of carbonyl (C=O) groups excluding carboxylic acids is 8. The fourth-order valence-corrected chi connectivity index (χ4v) is 5.16. The van der Waals surface area contributed by atoms with Gasteiger partial charge in [-0.05, 0) is 217 Å². The van der Waals surface area contributed by atoms with Gasteiger partial charge in [-0.2, -0.15) is 0 Å². The van der Waals surface area contributed by atoms with E-state index in [-0.39, 0.29) is 158 Å². The first kappa shape index (κ1) is 141. The van der Waals surface area contributed by atoms with Gasteiger partial charge in [0.15, 0.2) is 0 Å². The van der Waals surface area contributed by atoms with Crippen molar-refractivity contribution < 1.29 is 136 Å². The van der Waals surface area contributed by atoms with Crippen molar-refractivity contribution in [3.8, 4) is 0 Å². The molecule has 0 radical (unpaired) electrons. The maximum absolute atomic E-state index is 11.4. The highest BCUT2D eigenvalue weighted by Crippen LogP contribution is 2.25. The summed E-state index contributed by atoms with van der Waals surface area (Å²) in [4.78, 5) is 137. The van der Waals surface area contributed by atoms with Crippen molar-refractivity contribution in [2.75, 3.05) is 162 Å². The van der Waals surface area contributed by atoms with Gasteiger partial charge in [0.2, 0.25) is 0 Å². The van der Waals surface area contributed by atoms with Crippen LogP contribution >= 0.6 is 0 Å². The minimum Gasteiger partial charge on any atom is -0.481 e. The van der Waals surface area contributed by atoms with Gasteiger partial charge in [0, 0.05) is 26.2 Å². The molecule has 0 aliphatic heterocycles. The summed E-state index contributed by atoms with van der Waals surface area (Å²) in [5.41, 5.74) is -2.33. The molecule has 0 saturated carbocycles. The predicted octanol–water partition coefficient (Wildman–Crippen LogP) is 13.6. The van der Waals surface area contributed by atoms with Crippen molar-refractivity contribution in [2.45, 2.75) is 285 Å². The molecule has 32 nitrogen and oxygen atoms in total. The van der Waals surface area contributed by atoms with E-state index in [9.17, 15) is 57.5 Å². The number of rotatable bonds is 44. The summed E-state index contributed by atoms with van der Waals surface area (Å²) >= 11 is 0. The Bertz CT molecular complexity index is 2370. The molecule has 0 aromatic carbocycles. The number of carboxylic acids is 4. The van der Waals surface area contributed by atoms with E-state index in [2.05, 4.69) is 14.2 Å². The van der Waals surface area contributed by atoms with Gasteiger partial charge in [-0.1, -0.05) is 125 Å². The molecule has 0 aromatic heterocycles. The van der Waals surface area contributed by atoms with Gasteiger partial charge in [-0.25, -0.2) is 0 Å². The van der Waals surface area contributed by atoms with E-state index in [1.165, 1.54) is 0 Å². The number of carbonyl (C=O) groups is 12. The Morgan fingerprint density at radius 1 is 0.238 bits per heavy atom. The molecule has 0 amide bonds. The SMILES string of the molecule is CCC(C)(C)C(=O)O.CCC(C)(C)C(=O)OCCN(C)C.CCC(C)(C)C(=O)OCCN(C)C.CCC(C)(C)C(=O)OCCN(C)C.CCC(C)(C)C(=O)OCCN(C)C.CCC(C)(C)C(=O)OCCO.CCC(C)C(=O)O.CCC(C)C(=O)O.CCC(C)C(=O)O.CCC(C)C(=O)OCCO.CCC(C)C(=O)OCCO.CCC(C)C(=O)OCCO. The molecule has 0 aromatic rings. The fraction of sp³-hybridized carbons (Fsp3) is 0.867. The zero-order valence-corrected chi connectivity index (χ0v) is 83.8. The third kappa shape index (κ3) is 94.0. The van der Waals surface area contributed by atoms with Crippen LogP contribution in [0.3, 0.4) is 0 Å². The highest BCUT2D eigenvalue weighted by atomic mass is 16.6. The van der Waals surface area contributed by atoms with E-state index in [1.807, 2.05) is 228 Å². The lowest BCUT2D eigenvalue weighted by molar-refractivity contribution is -0.155. The molecule has 0 aliphatic rings. The van der Waals surface area contributed by atoms with Crippen LogP contribution in [0, 0.1) is 68.0 Å². The number of esters is 8. The first-order valence-corrected chi connectivity index (χ1v) is 43.1. The number of hydrogen-bond donors (Lipinski definition) is 8. The fourth-order valence-electron chi connectivity index (χ4n) is 5.16. The molecule has 0 bridgehead atoms. The second kappa shape index (κ2) is 85.1. The summed E-state index contributed by atoms with van der Waals surface area (Å²) in [6, 6.07) is 0. The minimum absolute atomic E-state index is 0.0495. The van der Waals surface area contributed by atoms with E-state index in [4.69, 9.17) is 64.5 Å². The molecule has 8 N–H and O–H groups in total. The molecular formula is C90H184N4O28. The van der Waals surface area contributed by atoms with Crippen LogP contribution in [-0.4, -0.2) is 294 Å². The Balaban J connectivity index is -0.000000109. The van der Waals surface area contributed by atoms with E-state index >= 15 is 0 Å². The summed E-state index contributed by atoms with van der Waals surface area (Å²) in [6.45, 7) is 61.1. The van der Waals surface area contributed by atoms with Crippen molar-refractivity contribution in [1.82, 2.24) is 19.6 Å². The third-order valence-electron chi connectivity index (χ3n) is 19.2. The van der Waals surface area contributed by atoms with Gasteiger partial charge < -0.3 is 98.3 Å². The lowest BCUT2D eigenvalue weighted by Crippen LogP contribution is -2.28. The summed E-state index contributed by atoms with van der Waals surface area (Å²) < 4.78 is 39.2. The average molecular weight is 1770 g/mol. The van der Waals surface area contributed by atoms with Crippen LogP contribution in [0.2, 0.25) is 0 Å². The Morgan fingerprint density at radius 3 is 0.467 bits per heavy atom. The lowest BCUT2D eigenvalue weighted by Gasteiger charge is -2.20. The van der Waals surface area contributed by atoms with Crippen molar-refractivity contribution in [3.63, 3.8) is 0 Å². The molecule has 732 valence electrons. The van der Waals surface area contributed by atoms with Crippen LogP contribution in [0.1, 0.15) is 285 Å². The van der Waals surface area contributed by atoms with E-state index in [0.29, 0.717) is 32.8 Å². The number of carboxylic acid groups (broad SMARTS) is 4. The first-order valence-electron chi connectivity index (χ1n) is 43.1. The number of aliphatic carboxylic acids is 4. The van der Waals surface area contributed by atoms with Crippen molar-refractivity contribution in [3.05, 3.63) is 0 Å². The van der Waals surface area contributed by atoms with Gasteiger partial charge in [0.25, 0.3) is 0 Å². The number of likely N-dealkylation sites (N-methyl/N-ethyl adjacent to an activating group) is 4. The normalized spacial score (nSPS) is 12.2. The predicted molar refractivity (Wildman–Crippen MR) is 482 cm³/mol. The number of hydrogen-bond acceptors (Lipinski definition) is 28. The average Bonchev–Trinajstić information content (AvgIpc) is 0.909. The summed E-state index contributed by atoms with van der Waals surface area (Å²) in [5, 5.41) is 66.2. The number of nitrogens with zero attached hydrogens (tertiary/aromatic N) is 4. The second-order valence-electron chi connectivity index (χ2n) is 33.9. The monoisotopic (exact) mass is 1770 g/mol. The summed E-state index contributed by atoms with van der Waals surface area (Å²) in [6.07, 6.45) is 9.18. The quantitative estimate of drug-likeness (QED) is 0.0207. The summed E-state index contributed by atoms with van der Waals surface area (Å²) in [7, 11) is 15.7. The van der Waals surface area contributed by atoms with Crippen LogP contribution in [-0.2, 0) is 95.4 Å². The molecule has 6 atom stereocenters. The highest BCUT2D eigenvalue weighted by Gasteiger charge is 2.31. The topological polar surface area (TPSA) is 453 Å². The smallest absolute Gasteiger partial charge is 0.311 e. The number of aliphatic hydroxyl groups is 4. The zero-order valence-electron chi connectivity index (χ0n) is 83.8. The molecule has 122 heavy (non-hydrogen) atoms. The maximum atomic E-state index is 11.4. The Labute approximate surface area is 739 Å². The van der Waals surface area contributed by atoms with Crippen LogP contribution in [0.15, 0.2) is 0 Å². The Morgan fingerprint density at radius 2 is 0.377 bits per heavy atom. The zero-order chi connectivity index (χ0) is 99.2. The molecular weight excluding hydrogens is 1580 g/mol. The molecule has 0 spiro atoms. The van der Waals surface area contributed by atoms with Gasteiger partial charge in [0.1, 0.15) is 52.9 Å². The van der Waals surface area contributed by atoms with Gasteiger partial charge in [0.05, 0.1) is 94.4 Å². The first-order chi connectivity index (χ1) is 55.8. The minimum atomic E-state index is -0.722. The summed E-state index contributed by atoms with van der Waals surface area (Å²) in [5.74, 6) is -4.85. The Kier molecular flexibility index (Phi) is 98.5. The number of aliphatic hydroxyl groups excluding tert-OH is 4. The molecule has 32 heteroatoms. The van der Waals surface area contributed by atoms with E-state index in [0.717, 1.165) is 96.8 Å². The van der Waals surface area contributed by atoms with E-state index < -0.39 is 34.7 Å². The molecule has 6 unspecified atom stereocenters. The number of ether oxygens (including phenoxy) is 8. The van der Waals surface area contributed by atoms with Gasteiger partial charge >= 0.3 is 71.6 Å². The highest BCUT2D eigenvalue weighted by molar-refractivity contribution is 5.78. The third-order valence-corrected chi connectivity index (χ3v) is 19.2. The lowest BCUT2D eigenvalue weighted by atomic mass is 9.91. The molecule has 0 fully saturated rings. The molecule has 0 heterocycles. The molecule has 0 aliphatic carbocycles. The van der Waals surface area contributed by atoms with Crippen LogP contribution in [0.5, 0.6) is 0 Å². The van der Waals surface area contributed by atoms with Gasteiger partial charge in [-0.3, -0.25) is 57.5 Å². The van der Waals surface area contributed by atoms with Crippen molar-refractivity contribution in [2.24, 2.45) is 68.0 Å². The van der Waals surface area contributed by atoms with E-state index in [1.54, 1.807) is 55.4 Å².